The molecule has 1 aliphatic carbocycles. The predicted octanol–water partition coefficient (Wildman–Crippen LogP) is 3.29. The summed E-state index contributed by atoms with van der Waals surface area (Å²) < 4.78 is 6.04. The molecular weight excluding hydrogens is 236 g/mol. The lowest BCUT2D eigenvalue weighted by Gasteiger charge is -2.19. The van der Waals surface area contributed by atoms with Gasteiger partial charge in [0.2, 0.25) is 0 Å². The Morgan fingerprint density at radius 3 is 2.63 bits per heavy atom. The second-order valence-corrected chi connectivity index (χ2v) is 4.97. The van der Waals surface area contributed by atoms with E-state index in [0.29, 0.717) is 0 Å². The SMILES string of the molecule is CCc1ccccc1OC1Cc2ccccc2C1O. The number of aliphatic hydroxyl groups is 1. The van der Waals surface area contributed by atoms with Gasteiger partial charge < -0.3 is 9.84 Å². The average Bonchev–Trinajstić information content (AvgIpc) is 2.77. The maximum atomic E-state index is 10.3. The number of aryl methyl sites for hydroxylation is 1. The minimum atomic E-state index is -0.527. The van der Waals surface area contributed by atoms with Crippen molar-refractivity contribution in [2.75, 3.05) is 0 Å². The standard InChI is InChI=1S/C17H18O2/c1-2-12-7-4-6-10-15(12)19-16-11-13-8-3-5-9-14(13)17(16)18/h3-10,16-18H,2,11H2,1H3. The Bertz CT molecular complexity index is 577. The Balaban J connectivity index is 1.83. The van der Waals surface area contributed by atoms with Crippen LogP contribution in [0.15, 0.2) is 48.5 Å². The first kappa shape index (κ1) is 12.2. The van der Waals surface area contributed by atoms with Crippen molar-refractivity contribution < 1.29 is 9.84 Å². The molecule has 0 heterocycles. The van der Waals surface area contributed by atoms with Gasteiger partial charge in [0.25, 0.3) is 0 Å². The fourth-order valence-corrected chi connectivity index (χ4v) is 2.72. The lowest BCUT2D eigenvalue weighted by Crippen LogP contribution is -2.22. The van der Waals surface area contributed by atoms with E-state index >= 15 is 0 Å². The van der Waals surface area contributed by atoms with Gasteiger partial charge in [-0.05, 0) is 29.2 Å². The van der Waals surface area contributed by atoms with E-state index in [-0.39, 0.29) is 6.10 Å². The molecule has 0 radical (unpaired) electrons. The summed E-state index contributed by atoms with van der Waals surface area (Å²) in [5, 5.41) is 10.3. The number of hydrogen-bond donors (Lipinski definition) is 1. The maximum absolute atomic E-state index is 10.3. The third-order valence-electron chi connectivity index (χ3n) is 3.78. The van der Waals surface area contributed by atoms with Gasteiger partial charge in [0.15, 0.2) is 0 Å². The molecule has 0 aromatic heterocycles. The maximum Gasteiger partial charge on any atom is 0.133 e. The van der Waals surface area contributed by atoms with E-state index in [0.717, 1.165) is 24.2 Å². The van der Waals surface area contributed by atoms with Gasteiger partial charge in [0, 0.05) is 6.42 Å². The van der Waals surface area contributed by atoms with Crippen molar-refractivity contribution in [2.24, 2.45) is 0 Å². The summed E-state index contributed by atoms with van der Waals surface area (Å²) in [6.45, 7) is 2.11. The molecule has 19 heavy (non-hydrogen) atoms. The highest BCUT2D eigenvalue weighted by Crippen LogP contribution is 2.34. The lowest BCUT2D eigenvalue weighted by atomic mass is 10.1. The quantitative estimate of drug-likeness (QED) is 0.910. The third-order valence-corrected chi connectivity index (χ3v) is 3.78. The van der Waals surface area contributed by atoms with Crippen molar-refractivity contribution in [1.82, 2.24) is 0 Å². The molecule has 0 spiro atoms. The summed E-state index contributed by atoms with van der Waals surface area (Å²) in [7, 11) is 0. The predicted molar refractivity (Wildman–Crippen MR) is 75.3 cm³/mol. The molecule has 2 nitrogen and oxygen atoms in total. The van der Waals surface area contributed by atoms with E-state index in [1.54, 1.807) is 0 Å². The van der Waals surface area contributed by atoms with Crippen LogP contribution in [0.3, 0.4) is 0 Å². The Kier molecular flexibility index (Phi) is 3.26. The van der Waals surface area contributed by atoms with Crippen molar-refractivity contribution in [2.45, 2.75) is 32.0 Å². The van der Waals surface area contributed by atoms with Crippen LogP contribution >= 0.6 is 0 Å². The first-order valence-corrected chi connectivity index (χ1v) is 6.80. The minimum absolute atomic E-state index is 0.176. The van der Waals surface area contributed by atoms with Crippen LogP contribution in [0, 0.1) is 0 Å². The first-order valence-electron chi connectivity index (χ1n) is 6.80. The molecule has 0 amide bonds. The van der Waals surface area contributed by atoms with Crippen LogP contribution < -0.4 is 4.74 Å². The highest BCUT2D eigenvalue weighted by atomic mass is 16.5. The van der Waals surface area contributed by atoms with Crippen LogP contribution in [0.1, 0.15) is 29.7 Å². The Morgan fingerprint density at radius 1 is 1.11 bits per heavy atom. The fraction of sp³-hybridized carbons (Fsp3) is 0.294. The fourth-order valence-electron chi connectivity index (χ4n) is 2.72. The summed E-state index contributed by atoms with van der Waals surface area (Å²) in [6, 6.07) is 16.1. The molecular formula is C17H18O2. The molecule has 2 atom stereocenters. The van der Waals surface area contributed by atoms with Gasteiger partial charge in [-0.1, -0.05) is 49.4 Å². The third kappa shape index (κ3) is 2.24. The molecule has 2 aromatic carbocycles. The van der Waals surface area contributed by atoms with Crippen molar-refractivity contribution in [3.63, 3.8) is 0 Å². The van der Waals surface area contributed by atoms with E-state index in [9.17, 15) is 5.11 Å². The summed E-state index contributed by atoms with van der Waals surface area (Å²) >= 11 is 0. The van der Waals surface area contributed by atoms with Crippen molar-refractivity contribution in [1.29, 1.82) is 0 Å². The van der Waals surface area contributed by atoms with Crippen LogP contribution in [0.2, 0.25) is 0 Å². The van der Waals surface area contributed by atoms with Crippen LogP contribution in [0.25, 0.3) is 0 Å². The Morgan fingerprint density at radius 2 is 1.84 bits per heavy atom. The van der Waals surface area contributed by atoms with Crippen LogP contribution in [0.4, 0.5) is 0 Å². The highest BCUT2D eigenvalue weighted by Gasteiger charge is 2.32. The molecule has 0 bridgehead atoms. The van der Waals surface area contributed by atoms with Crippen molar-refractivity contribution in [3.8, 4) is 5.75 Å². The number of fused-ring (bicyclic) bond motifs is 1. The monoisotopic (exact) mass is 254 g/mol. The second-order valence-electron chi connectivity index (χ2n) is 4.97. The van der Waals surface area contributed by atoms with Crippen LogP contribution in [-0.2, 0) is 12.8 Å². The van der Waals surface area contributed by atoms with Gasteiger partial charge in [-0.15, -0.1) is 0 Å². The topological polar surface area (TPSA) is 29.5 Å². The van der Waals surface area contributed by atoms with Gasteiger partial charge in [0.1, 0.15) is 18.0 Å². The lowest BCUT2D eigenvalue weighted by molar-refractivity contribution is 0.0488. The van der Waals surface area contributed by atoms with Gasteiger partial charge in [-0.3, -0.25) is 0 Å². The van der Waals surface area contributed by atoms with Gasteiger partial charge in [-0.2, -0.15) is 0 Å². The highest BCUT2D eigenvalue weighted by molar-refractivity contribution is 5.38. The smallest absolute Gasteiger partial charge is 0.133 e. The molecule has 0 fully saturated rings. The second kappa shape index (κ2) is 5.06. The normalized spacial score (nSPS) is 21.2. The van der Waals surface area contributed by atoms with Crippen LogP contribution in [0.5, 0.6) is 5.75 Å². The molecule has 3 rings (SSSR count). The van der Waals surface area contributed by atoms with E-state index in [4.69, 9.17) is 4.74 Å². The minimum Gasteiger partial charge on any atom is -0.487 e. The Labute approximate surface area is 113 Å². The largest absolute Gasteiger partial charge is 0.487 e. The number of benzene rings is 2. The van der Waals surface area contributed by atoms with Crippen molar-refractivity contribution >= 4 is 0 Å². The first-order chi connectivity index (χ1) is 9.29. The van der Waals surface area contributed by atoms with Gasteiger partial charge in [0.05, 0.1) is 0 Å². The molecule has 0 aliphatic heterocycles. The van der Waals surface area contributed by atoms with E-state index < -0.39 is 6.10 Å². The Hall–Kier alpha value is -1.80. The number of ether oxygens (including phenoxy) is 1. The van der Waals surface area contributed by atoms with Gasteiger partial charge in [-0.25, -0.2) is 0 Å². The van der Waals surface area contributed by atoms with E-state index in [1.807, 2.05) is 36.4 Å². The average molecular weight is 254 g/mol. The molecule has 2 aromatic rings. The number of hydrogen-bond acceptors (Lipinski definition) is 2. The number of para-hydroxylation sites is 1. The summed E-state index contributed by atoms with van der Waals surface area (Å²) in [4.78, 5) is 0. The summed E-state index contributed by atoms with van der Waals surface area (Å²) in [5.41, 5.74) is 3.38. The number of aliphatic hydroxyl groups excluding tert-OH is 1. The summed E-state index contributed by atoms with van der Waals surface area (Å²) in [5.74, 6) is 0.891. The zero-order valence-electron chi connectivity index (χ0n) is 11.0. The van der Waals surface area contributed by atoms with Gasteiger partial charge >= 0.3 is 0 Å². The van der Waals surface area contributed by atoms with E-state index in [2.05, 4.69) is 19.1 Å². The van der Waals surface area contributed by atoms with Crippen molar-refractivity contribution in [3.05, 3.63) is 65.2 Å². The molecule has 0 saturated carbocycles. The molecule has 98 valence electrons. The zero-order valence-corrected chi connectivity index (χ0v) is 11.0. The molecule has 2 unspecified atom stereocenters. The zero-order chi connectivity index (χ0) is 13.2. The molecule has 2 heteroatoms. The summed E-state index contributed by atoms with van der Waals surface area (Å²) in [6.07, 6.45) is 1.01. The van der Waals surface area contributed by atoms with Crippen LogP contribution in [-0.4, -0.2) is 11.2 Å². The molecule has 0 saturated heterocycles. The molecule has 1 aliphatic rings. The number of rotatable bonds is 3. The van der Waals surface area contributed by atoms with E-state index in [1.165, 1.54) is 11.1 Å². The molecule has 1 N–H and O–H groups in total.